The van der Waals surface area contributed by atoms with E-state index in [2.05, 4.69) is 63.9 Å². The lowest BCUT2D eigenvalue weighted by Gasteiger charge is -2.40. The van der Waals surface area contributed by atoms with Gasteiger partial charge in [-0.3, -0.25) is 9.36 Å². The van der Waals surface area contributed by atoms with Gasteiger partial charge in [-0.1, -0.05) is 60.7 Å². The second-order valence-corrected chi connectivity index (χ2v) is 8.46. The first-order chi connectivity index (χ1) is 15.7. The number of aryl methyl sites for hydroxylation is 1. The van der Waals surface area contributed by atoms with Crippen molar-refractivity contribution in [3.63, 3.8) is 0 Å². The highest BCUT2D eigenvalue weighted by Crippen LogP contribution is 2.27. The average Bonchev–Trinajstić information content (AvgIpc) is 3.22. The first kappa shape index (κ1) is 20.5. The minimum Gasteiger partial charge on any atom is -0.333 e. The fourth-order valence-corrected chi connectivity index (χ4v) is 4.65. The van der Waals surface area contributed by atoms with Crippen LogP contribution in [-0.4, -0.2) is 51.9 Å². The molecular weight excluding hydrogens is 396 g/mol. The summed E-state index contributed by atoms with van der Waals surface area (Å²) in [7, 11) is 2.12. The Morgan fingerprint density at radius 3 is 2.38 bits per heavy atom. The summed E-state index contributed by atoms with van der Waals surface area (Å²) in [5, 5.41) is 0. The fraction of sp³-hybridized carbons (Fsp3) is 0.259. The van der Waals surface area contributed by atoms with Gasteiger partial charge >= 0.3 is 0 Å². The number of hydrogen-bond donors (Lipinski definition) is 0. The summed E-state index contributed by atoms with van der Waals surface area (Å²) in [5.74, 6) is 1.12. The van der Waals surface area contributed by atoms with Crippen LogP contribution in [0.15, 0.2) is 84.9 Å². The Balaban J connectivity index is 1.40. The molecule has 32 heavy (non-hydrogen) atoms. The third-order valence-corrected chi connectivity index (χ3v) is 6.30. The Labute approximate surface area is 188 Å². The summed E-state index contributed by atoms with van der Waals surface area (Å²) in [5.41, 5.74) is 4.30. The van der Waals surface area contributed by atoms with Crippen LogP contribution in [0.5, 0.6) is 0 Å². The quantitative estimate of drug-likeness (QED) is 0.475. The van der Waals surface area contributed by atoms with Crippen molar-refractivity contribution in [3.8, 4) is 5.69 Å². The van der Waals surface area contributed by atoms with Gasteiger partial charge in [0, 0.05) is 38.2 Å². The molecule has 5 heteroatoms. The van der Waals surface area contributed by atoms with Crippen molar-refractivity contribution in [2.45, 2.75) is 18.9 Å². The molecule has 0 aliphatic carbocycles. The molecule has 0 N–H and O–H groups in total. The van der Waals surface area contributed by atoms with E-state index in [0.29, 0.717) is 12.8 Å². The van der Waals surface area contributed by atoms with Crippen molar-refractivity contribution in [3.05, 3.63) is 96.3 Å². The van der Waals surface area contributed by atoms with Gasteiger partial charge in [-0.05, 0) is 36.9 Å². The molecule has 3 aromatic carbocycles. The Hall–Kier alpha value is -3.44. The number of fused-ring (bicyclic) bond motifs is 1. The monoisotopic (exact) mass is 424 g/mol. The molecule has 1 unspecified atom stereocenters. The Kier molecular flexibility index (Phi) is 5.73. The minimum atomic E-state index is 0.0930. The topological polar surface area (TPSA) is 41.4 Å². The van der Waals surface area contributed by atoms with E-state index in [9.17, 15) is 4.79 Å². The largest absolute Gasteiger partial charge is 0.333 e. The first-order valence-corrected chi connectivity index (χ1v) is 11.3. The molecule has 1 atom stereocenters. The van der Waals surface area contributed by atoms with Gasteiger partial charge in [0.05, 0.1) is 17.1 Å². The van der Waals surface area contributed by atoms with Crippen LogP contribution < -0.4 is 0 Å². The van der Waals surface area contributed by atoms with Crippen molar-refractivity contribution < 1.29 is 4.79 Å². The Bertz CT molecular complexity index is 1200. The molecule has 1 aliphatic heterocycles. The maximum absolute atomic E-state index is 13.4. The molecule has 5 nitrogen and oxygen atoms in total. The summed E-state index contributed by atoms with van der Waals surface area (Å²) in [4.78, 5) is 22.6. The number of carbonyl (C=O) groups excluding carboxylic acids is 1. The number of piperazine rings is 1. The number of rotatable bonds is 5. The normalized spacial score (nSPS) is 17.0. The van der Waals surface area contributed by atoms with E-state index in [-0.39, 0.29) is 11.9 Å². The van der Waals surface area contributed by atoms with E-state index in [0.717, 1.165) is 42.2 Å². The van der Waals surface area contributed by atoms with E-state index in [4.69, 9.17) is 4.98 Å². The van der Waals surface area contributed by atoms with Crippen LogP contribution in [0.2, 0.25) is 0 Å². The van der Waals surface area contributed by atoms with Crippen LogP contribution >= 0.6 is 0 Å². The van der Waals surface area contributed by atoms with Gasteiger partial charge in [0.15, 0.2) is 0 Å². The first-order valence-electron chi connectivity index (χ1n) is 11.3. The van der Waals surface area contributed by atoms with Gasteiger partial charge in [0.1, 0.15) is 5.82 Å². The zero-order valence-electron chi connectivity index (χ0n) is 18.4. The SMILES string of the molecule is CN1CCN(C(=O)CCc2nc3ccccc3n2-c2ccccc2)C(c2ccccc2)C1. The number of benzene rings is 3. The molecule has 0 spiro atoms. The van der Waals surface area contributed by atoms with Crippen molar-refractivity contribution in [2.75, 3.05) is 26.7 Å². The van der Waals surface area contributed by atoms with Crippen LogP contribution in [0.4, 0.5) is 0 Å². The van der Waals surface area contributed by atoms with Gasteiger partial charge < -0.3 is 9.80 Å². The molecule has 1 aliphatic rings. The number of amides is 1. The molecule has 1 amide bonds. The number of hydrogen-bond acceptors (Lipinski definition) is 3. The zero-order valence-corrected chi connectivity index (χ0v) is 18.4. The van der Waals surface area contributed by atoms with E-state index in [1.807, 2.05) is 42.5 Å². The highest BCUT2D eigenvalue weighted by Gasteiger charge is 2.30. The van der Waals surface area contributed by atoms with Crippen LogP contribution in [0.1, 0.15) is 23.9 Å². The number of nitrogens with zero attached hydrogens (tertiary/aromatic N) is 4. The summed E-state index contributed by atoms with van der Waals surface area (Å²) < 4.78 is 2.18. The maximum atomic E-state index is 13.4. The van der Waals surface area contributed by atoms with Gasteiger partial charge in [-0.25, -0.2) is 4.98 Å². The van der Waals surface area contributed by atoms with E-state index in [1.165, 1.54) is 5.56 Å². The lowest BCUT2D eigenvalue weighted by Crippen LogP contribution is -2.49. The second kappa shape index (κ2) is 8.97. The van der Waals surface area contributed by atoms with Crippen molar-refractivity contribution >= 4 is 16.9 Å². The standard InChI is InChI=1S/C27H28N4O/c1-29-18-19-30(25(20-29)21-10-4-2-5-11-21)27(32)17-16-26-28-23-14-8-9-15-24(23)31(26)22-12-6-3-7-13-22/h2-15,25H,16-20H2,1H3. The van der Waals surface area contributed by atoms with Crippen molar-refractivity contribution in [2.24, 2.45) is 0 Å². The number of aromatic nitrogens is 2. The highest BCUT2D eigenvalue weighted by atomic mass is 16.2. The lowest BCUT2D eigenvalue weighted by molar-refractivity contribution is -0.136. The third kappa shape index (κ3) is 4.04. The van der Waals surface area contributed by atoms with E-state index < -0.39 is 0 Å². The lowest BCUT2D eigenvalue weighted by atomic mass is 10.0. The number of carbonyl (C=O) groups is 1. The van der Waals surface area contributed by atoms with Gasteiger partial charge in [-0.2, -0.15) is 0 Å². The molecule has 1 aromatic heterocycles. The second-order valence-electron chi connectivity index (χ2n) is 8.46. The molecule has 4 aromatic rings. The van der Waals surface area contributed by atoms with Crippen molar-refractivity contribution in [1.82, 2.24) is 19.4 Å². The summed E-state index contributed by atoms with van der Waals surface area (Å²) >= 11 is 0. The molecule has 1 saturated heterocycles. The number of imidazole rings is 1. The van der Waals surface area contributed by atoms with Gasteiger partial charge in [-0.15, -0.1) is 0 Å². The van der Waals surface area contributed by atoms with E-state index >= 15 is 0 Å². The Morgan fingerprint density at radius 2 is 1.59 bits per heavy atom. The van der Waals surface area contributed by atoms with Crippen LogP contribution in [-0.2, 0) is 11.2 Å². The van der Waals surface area contributed by atoms with Crippen LogP contribution in [0.3, 0.4) is 0 Å². The molecule has 2 heterocycles. The van der Waals surface area contributed by atoms with Gasteiger partial charge in [0.25, 0.3) is 0 Å². The molecule has 0 radical (unpaired) electrons. The molecule has 0 bridgehead atoms. The van der Waals surface area contributed by atoms with Crippen molar-refractivity contribution in [1.29, 1.82) is 0 Å². The fourth-order valence-electron chi connectivity index (χ4n) is 4.65. The smallest absolute Gasteiger partial charge is 0.223 e. The molecule has 1 fully saturated rings. The summed E-state index contributed by atoms with van der Waals surface area (Å²) in [6.45, 7) is 2.51. The molecule has 5 rings (SSSR count). The predicted octanol–water partition coefficient (Wildman–Crippen LogP) is 4.47. The summed E-state index contributed by atoms with van der Waals surface area (Å²) in [6, 6.07) is 28.9. The third-order valence-electron chi connectivity index (χ3n) is 6.30. The van der Waals surface area contributed by atoms with E-state index in [1.54, 1.807) is 0 Å². The van der Waals surface area contributed by atoms with Crippen LogP contribution in [0.25, 0.3) is 16.7 Å². The molecular formula is C27H28N4O. The highest BCUT2D eigenvalue weighted by molar-refractivity contribution is 5.79. The molecule has 162 valence electrons. The minimum absolute atomic E-state index is 0.0930. The number of para-hydroxylation sites is 3. The zero-order chi connectivity index (χ0) is 21.9. The average molecular weight is 425 g/mol. The van der Waals surface area contributed by atoms with Crippen LogP contribution in [0, 0.1) is 0 Å². The molecule has 0 saturated carbocycles. The predicted molar refractivity (Wildman–Crippen MR) is 128 cm³/mol. The number of likely N-dealkylation sites (N-methyl/N-ethyl adjacent to an activating group) is 1. The Morgan fingerprint density at radius 1 is 0.906 bits per heavy atom. The maximum Gasteiger partial charge on any atom is 0.223 e. The van der Waals surface area contributed by atoms with Gasteiger partial charge in [0.2, 0.25) is 5.91 Å². The summed E-state index contributed by atoms with van der Waals surface area (Å²) in [6.07, 6.45) is 1.06.